The molecule has 0 amide bonds. The van der Waals surface area contributed by atoms with Gasteiger partial charge in [-0.25, -0.2) is 13.4 Å². The van der Waals surface area contributed by atoms with E-state index in [1.165, 1.54) is 0 Å². The van der Waals surface area contributed by atoms with Crippen molar-refractivity contribution in [3.05, 3.63) is 18.2 Å². The molecule has 0 saturated carbocycles. The Labute approximate surface area is 127 Å². The number of rotatable bonds is 7. The van der Waals surface area contributed by atoms with E-state index < -0.39 is 10.0 Å². The fourth-order valence-corrected chi connectivity index (χ4v) is 4.22. The lowest BCUT2D eigenvalue weighted by Gasteiger charge is -2.34. The number of aryl methyl sites for hydroxylation is 1. The summed E-state index contributed by atoms with van der Waals surface area (Å²) >= 11 is 0. The zero-order valence-electron chi connectivity index (χ0n) is 13.0. The average Bonchev–Trinajstić information content (AvgIpc) is 2.93. The van der Waals surface area contributed by atoms with Gasteiger partial charge in [-0.1, -0.05) is 13.8 Å². The van der Waals surface area contributed by atoms with Crippen molar-refractivity contribution in [2.24, 2.45) is 0 Å². The maximum Gasteiger partial charge on any atom is 0.214 e. The van der Waals surface area contributed by atoms with Crippen LogP contribution in [0, 0.1) is 0 Å². The summed E-state index contributed by atoms with van der Waals surface area (Å²) in [5, 5.41) is 0. The van der Waals surface area contributed by atoms with Crippen molar-refractivity contribution < 1.29 is 8.42 Å². The molecule has 0 spiro atoms. The number of hydrogen-bond donors (Lipinski definition) is 0. The van der Waals surface area contributed by atoms with Crippen LogP contribution in [0.5, 0.6) is 0 Å². The number of nitrogens with zero attached hydrogens (tertiary/aromatic N) is 4. The molecule has 1 aromatic rings. The molecule has 0 radical (unpaired) electrons. The van der Waals surface area contributed by atoms with Gasteiger partial charge in [0, 0.05) is 58.1 Å². The predicted octanol–water partition coefficient (Wildman–Crippen LogP) is 0.803. The Morgan fingerprint density at radius 2 is 1.86 bits per heavy atom. The first kappa shape index (κ1) is 16.5. The fourth-order valence-electron chi connectivity index (χ4n) is 2.73. The first-order valence-corrected chi connectivity index (χ1v) is 9.38. The van der Waals surface area contributed by atoms with Crippen molar-refractivity contribution >= 4 is 10.0 Å². The molecule has 6 nitrogen and oxygen atoms in total. The van der Waals surface area contributed by atoms with Gasteiger partial charge in [-0.2, -0.15) is 4.31 Å². The predicted molar refractivity (Wildman–Crippen MR) is 83.7 cm³/mol. The molecule has 0 N–H and O–H groups in total. The van der Waals surface area contributed by atoms with Crippen LogP contribution in [-0.2, 0) is 23.0 Å². The van der Waals surface area contributed by atoms with Crippen LogP contribution in [0.1, 0.15) is 26.1 Å². The van der Waals surface area contributed by atoms with Gasteiger partial charge in [-0.3, -0.25) is 4.90 Å². The molecule has 0 atom stereocenters. The number of hydrogen-bond acceptors (Lipinski definition) is 4. The van der Waals surface area contributed by atoms with E-state index in [0.717, 1.165) is 38.4 Å². The Morgan fingerprint density at radius 1 is 1.14 bits per heavy atom. The third-order valence-electron chi connectivity index (χ3n) is 3.96. The summed E-state index contributed by atoms with van der Waals surface area (Å²) in [6.45, 7) is 8.76. The number of piperazine rings is 1. The Morgan fingerprint density at radius 3 is 2.48 bits per heavy atom. The minimum atomic E-state index is -3.03. The second-order valence-corrected chi connectivity index (χ2v) is 7.54. The quantitative estimate of drug-likeness (QED) is 0.747. The van der Waals surface area contributed by atoms with Gasteiger partial charge in [0.05, 0.1) is 5.75 Å². The minimum Gasteiger partial charge on any atom is -0.334 e. The summed E-state index contributed by atoms with van der Waals surface area (Å²) in [7, 11) is -3.03. The lowest BCUT2D eigenvalue weighted by Crippen LogP contribution is -2.49. The van der Waals surface area contributed by atoms with Gasteiger partial charge in [0.2, 0.25) is 10.0 Å². The molecule has 120 valence electrons. The zero-order valence-corrected chi connectivity index (χ0v) is 13.8. The molecule has 21 heavy (non-hydrogen) atoms. The highest BCUT2D eigenvalue weighted by Gasteiger charge is 2.25. The first-order valence-electron chi connectivity index (χ1n) is 7.77. The van der Waals surface area contributed by atoms with E-state index in [4.69, 9.17) is 0 Å². The molecule has 0 bridgehead atoms. The lowest BCUT2D eigenvalue weighted by molar-refractivity contribution is 0.182. The van der Waals surface area contributed by atoms with Crippen molar-refractivity contribution in [2.75, 3.05) is 38.5 Å². The summed E-state index contributed by atoms with van der Waals surface area (Å²) < 4.78 is 27.9. The highest BCUT2D eigenvalue weighted by Crippen LogP contribution is 2.09. The van der Waals surface area contributed by atoms with Gasteiger partial charge in [-0.15, -0.1) is 0 Å². The summed E-state index contributed by atoms with van der Waals surface area (Å²) in [6, 6.07) is 0. The molecule has 0 unspecified atom stereocenters. The van der Waals surface area contributed by atoms with Gasteiger partial charge < -0.3 is 4.57 Å². The molecule has 7 heteroatoms. The lowest BCUT2D eigenvalue weighted by atomic mass is 10.3. The maximum absolute atomic E-state index is 12.0. The SMILES string of the molecule is CCCS(=O)(=O)N1CCN(CCn2ccnc2CC)CC1. The highest BCUT2D eigenvalue weighted by atomic mass is 32.2. The van der Waals surface area contributed by atoms with Crippen molar-refractivity contribution in [3.63, 3.8) is 0 Å². The van der Waals surface area contributed by atoms with E-state index in [1.807, 2.05) is 19.3 Å². The van der Waals surface area contributed by atoms with Crippen LogP contribution in [0.25, 0.3) is 0 Å². The Bertz CT molecular complexity index is 533. The molecule has 1 aliphatic rings. The second-order valence-electron chi connectivity index (χ2n) is 5.45. The van der Waals surface area contributed by atoms with Gasteiger partial charge >= 0.3 is 0 Å². The molecule has 0 aliphatic carbocycles. The molecule has 1 fully saturated rings. The molecule has 1 aromatic heterocycles. The second kappa shape index (κ2) is 7.38. The van der Waals surface area contributed by atoms with Gasteiger partial charge in [0.1, 0.15) is 5.82 Å². The topological polar surface area (TPSA) is 58.4 Å². The van der Waals surface area contributed by atoms with E-state index in [9.17, 15) is 8.42 Å². The van der Waals surface area contributed by atoms with Crippen molar-refractivity contribution in [1.82, 2.24) is 18.8 Å². The summed E-state index contributed by atoms with van der Waals surface area (Å²) in [5.41, 5.74) is 0. The number of aromatic nitrogens is 2. The van der Waals surface area contributed by atoms with Gasteiger partial charge in [0.15, 0.2) is 0 Å². The highest BCUT2D eigenvalue weighted by molar-refractivity contribution is 7.89. The monoisotopic (exact) mass is 314 g/mol. The molecule has 0 aromatic carbocycles. The van der Waals surface area contributed by atoms with Gasteiger partial charge in [0.25, 0.3) is 0 Å². The largest absolute Gasteiger partial charge is 0.334 e. The number of sulfonamides is 1. The number of imidazole rings is 1. The third kappa shape index (κ3) is 4.28. The van der Waals surface area contributed by atoms with E-state index in [1.54, 1.807) is 4.31 Å². The molecule has 2 rings (SSSR count). The normalized spacial score (nSPS) is 18.2. The maximum atomic E-state index is 12.0. The standard InChI is InChI=1S/C14H26N4O2S/c1-3-13-21(19,20)18-11-8-16(9-12-18)7-10-17-6-5-15-14(17)4-2/h5-6H,3-4,7-13H2,1-2H3. The Balaban J connectivity index is 1.79. The fraction of sp³-hybridized carbons (Fsp3) is 0.786. The van der Waals surface area contributed by atoms with Crippen LogP contribution in [0.4, 0.5) is 0 Å². The van der Waals surface area contributed by atoms with Crippen LogP contribution in [0.15, 0.2) is 12.4 Å². The molecule has 1 saturated heterocycles. The van der Waals surface area contributed by atoms with Crippen LogP contribution in [0.3, 0.4) is 0 Å². The van der Waals surface area contributed by atoms with Crippen molar-refractivity contribution in [2.45, 2.75) is 33.2 Å². The van der Waals surface area contributed by atoms with Crippen LogP contribution in [0.2, 0.25) is 0 Å². The smallest absolute Gasteiger partial charge is 0.214 e. The molecule has 2 heterocycles. The van der Waals surface area contributed by atoms with Crippen LogP contribution >= 0.6 is 0 Å². The summed E-state index contributed by atoms with van der Waals surface area (Å²) in [5.74, 6) is 1.38. The van der Waals surface area contributed by atoms with Gasteiger partial charge in [-0.05, 0) is 6.42 Å². The van der Waals surface area contributed by atoms with Crippen LogP contribution < -0.4 is 0 Å². The average molecular weight is 314 g/mol. The summed E-state index contributed by atoms with van der Waals surface area (Å²) in [4.78, 5) is 6.65. The molecular weight excluding hydrogens is 288 g/mol. The van der Waals surface area contributed by atoms with E-state index in [-0.39, 0.29) is 5.75 Å². The third-order valence-corrected chi connectivity index (χ3v) is 6.04. The van der Waals surface area contributed by atoms with Crippen molar-refractivity contribution in [1.29, 1.82) is 0 Å². The molecular formula is C14H26N4O2S. The van der Waals surface area contributed by atoms with Crippen molar-refractivity contribution in [3.8, 4) is 0 Å². The first-order chi connectivity index (χ1) is 10.1. The summed E-state index contributed by atoms with van der Waals surface area (Å²) in [6.07, 6.45) is 5.48. The zero-order chi connectivity index (χ0) is 15.3. The van der Waals surface area contributed by atoms with E-state index >= 15 is 0 Å². The van der Waals surface area contributed by atoms with Crippen LogP contribution in [-0.4, -0.2) is 65.7 Å². The minimum absolute atomic E-state index is 0.266. The van der Waals surface area contributed by atoms with E-state index in [2.05, 4.69) is 21.4 Å². The molecule has 1 aliphatic heterocycles. The Kier molecular flexibility index (Phi) is 5.78. The Hall–Kier alpha value is -0.920. The van der Waals surface area contributed by atoms with E-state index in [0.29, 0.717) is 19.5 Å².